The number of hydrogen-bond donors (Lipinski definition) is 0. The number of piperidine rings is 1. The molecule has 1 aromatic carbocycles. The fourth-order valence-electron chi connectivity index (χ4n) is 4.03. The monoisotopic (exact) mass is 377 g/mol. The van der Waals surface area contributed by atoms with Crippen molar-refractivity contribution in [3.63, 3.8) is 0 Å². The highest BCUT2D eigenvalue weighted by Crippen LogP contribution is 2.36. The van der Waals surface area contributed by atoms with E-state index in [1.807, 2.05) is 17.0 Å². The molecule has 2 aromatic rings. The van der Waals surface area contributed by atoms with Crippen molar-refractivity contribution in [1.82, 2.24) is 14.7 Å². The Morgan fingerprint density at radius 3 is 2.37 bits per heavy atom. The second-order valence-corrected chi connectivity index (χ2v) is 7.33. The van der Waals surface area contributed by atoms with E-state index >= 15 is 0 Å². The number of amides is 1. The quantitative estimate of drug-likeness (QED) is 0.801. The first-order valence-electron chi connectivity index (χ1n) is 9.48. The van der Waals surface area contributed by atoms with Gasteiger partial charge in [-0.05, 0) is 56.2 Å². The number of nitrogens with zero attached hydrogens (tertiary/aromatic N) is 3. The van der Waals surface area contributed by atoms with E-state index in [2.05, 4.69) is 5.10 Å². The molecule has 0 bridgehead atoms. The van der Waals surface area contributed by atoms with Gasteiger partial charge < -0.3 is 4.90 Å². The molecule has 2 heterocycles. The van der Waals surface area contributed by atoms with E-state index in [9.17, 15) is 18.0 Å². The topological polar surface area (TPSA) is 38.1 Å². The Labute approximate surface area is 156 Å². The Morgan fingerprint density at radius 2 is 1.67 bits per heavy atom. The van der Waals surface area contributed by atoms with Crippen LogP contribution in [0.5, 0.6) is 0 Å². The maximum atomic E-state index is 13.4. The number of alkyl halides is 3. The van der Waals surface area contributed by atoms with E-state index in [4.69, 9.17) is 0 Å². The van der Waals surface area contributed by atoms with Crippen LogP contribution < -0.4 is 0 Å². The molecule has 0 unspecified atom stereocenters. The highest BCUT2D eigenvalue weighted by Gasteiger charge is 2.39. The molecular formula is C20H22F3N3O. The lowest BCUT2D eigenvalue weighted by molar-refractivity contribution is -0.142. The number of fused-ring (bicyclic) bond motifs is 1. The molecule has 4 nitrogen and oxygen atoms in total. The lowest BCUT2D eigenvalue weighted by atomic mass is 9.95. The van der Waals surface area contributed by atoms with Gasteiger partial charge in [-0.15, -0.1) is 0 Å². The average molecular weight is 377 g/mol. The van der Waals surface area contributed by atoms with Crippen molar-refractivity contribution in [3.05, 3.63) is 46.8 Å². The molecule has 144 valence electrons. The number of hydrogen-bond acceptors (Lipinski definition) is 2. The van der Waals surface area contributed by atoms with Gasteiger partial charge in [-0.25, -0.2) is 4.68 Å². The summed E-state index contributed by atoms with van der Waals surface area (Å²) in [6, 6.07) is 7.35. The first-order chi connectivity index (χ1) is 12.9. The summed E-state index contributed by atoms with van der Waals surface area (Å²) in [5.41, 5.74) is 1.88. The minimum atomic E-state index is -4.43. The van der Waals surface area contributed by atoms with Crippen molar-refractivity contribution in [3.8, 4) is 5.69 Å². The summed E-state index contributed by atoms with van der Waals surface area (Å²) in [7, 11) is 0. The lowest BCUT2D eigenvalue weighted by Gasteiger charge is -2.26. The minimum absolute atomic E-state index is 0.168. The van der Waals surface area contributed by atoms with Crippen molar-refractivity contribution in [1.29, 1.82) is 0 Å². The van der Waals surface area contributed by atoms with Crippen LogP contribution in [0, 0.1) is 0 Å². The van der Waals surface area contributed by atoms with Gasteiger partial charge in [0, 0.05) is 30.8 Å². The smallest absolute Gasteiger partial charge is 0.338 e. The Hall–Kier alpha value is -2.31. The molecule has 0 atom stereocenters. The summed E-state index contributed by atoms with van der Waals surface area (Å²) in [5, 5.41) is 3.92. The summed E-state index contributed by atoms with van der Waals surface area (Å²) in [4.78, 5) is 13.8. The fourth-order valence-corrected chi connectivity index (χ4v) is 4.03. The van der Waals surface area contributed by atoms with Crippen LogP contribution in [0.4, 0.5) is 13.2 Å². The molecule has 1 aromatic heterocycles. The number of halogens is 3. The Morgan fingerprint density at radius 1 is 0.963 bits per heavy atom. The van der Waals surface area contributed by atoms with E-state index in [0.29, 0.717) is 42.8 Å². The van der Waals surface area contributed by atoms with Crippen molar-refractivity contribution >= 4 is 5.91 Å². The van der Waals surface area contributed by atoms with Gasteiger partial charge in [0.2, 0.25) is 5.91 Å². The zero-order valence-electron chi connectivity index (χ0n) is 15.1. The molecule has 1 fully saturated rings. The second kappa shape index (κ2) is 7.02. The number of aromatic nitrogens is 2. The molecule has 0 spiro atoms. The van der Waals surface area contributed by atoms with Crippen LogP contribution in [0.2, 0.25) is 0 Å². The van der Waals surface area contributed by atoms with Gasteiger partial charge in [0.15, 0.2) is 5.69 Å². The second-order valence-electron chi connectivity index (χ2n) is 7.33. The van der Waals surface area contributed by atoms with E-state index in [1.165, 1.54) is 4.68 Å². The van der Waals surface area contributed by atoms with E-state index in [1.54, 1.807) is 12.1 Å². The van der Waals surface area contributed by atoms with Crippen LogP contribution in [0.3, 0.4) is 0 Å². The van der Waals surface area contributed by atoms with Gasteiger partial charge >= 0.3 is 6.18 Å². The third kappa shape index (κ3) is 3.59. The first kappa shape index (κ1) is 18.1. The lowest BCUT2D eigenvalue weighted by Crippen LogP contribution is -2.34. The molecule has 0 N–H and O–H groups in total. The summed E-state index contributed by atoms with van der Waals surface area (Å²) >= 11 is 0. The number of benzene rings is 1. The average Bonchev–Trinajstić information content (AvgIpc) is 3.04. The fraction of sp³-hybridized carbons (Fsp3) is 0.500. The van der Waals surface area contributed by atoms with Gasteiger partial charge in [0.1, 0.15) is 0 Å². The zero-order valence-corrected chi connectivity index (χ0v) is 15.1. The van der Waals surface area contributed by atoms with E-state index < -0.39 is 11.9 Å². The number of rotatable bonds is 3. The predicted octanol–water partition coefficient (Wildman–Crippen LogP) is 4.28. The molecule has 1 aliphatic carbocycles. The Bertz CT molecular complexity index is 839. The third-order valence-electron chi connectivity index (χ3n) is 5.42. The Balaban J connectivity index is 1.61. The van der Waals surface area contributed by atoms with Crippen LogP contribution in [0.25, 0.3) is 5.69 Å². The van der Waals surface area contributed by atoms with Crippen LogP contribution in [-0.2, 0) is 30.4 Å². The van der Waals surface area contributed by atoms with Gasteiger partial charge in [0.05, 0.1) is 5.69 Å². The molecule has 27 heavy (non-hydrogen) atoms. The summed E-state index contributed by atoms with van der Waals surface area (Å²) < 4.78 is 41.5. The highest BCUT2D eigenvalue weighted by molar-refractivity contribution is 5.76. The molecule has 7 heteroatoms. The largest absolute Gasteiger partial charge is 0.435 e. The first-order valence-corrected chi connectivity index (χ1v) is 9.48. The van der Waals surface area contributed by atoms with E-state index in [-0.39, 0.29) is 5.91 Å². The third-order valence-corrected chi connectivity index (χ3v) is 5.42. The predicted molar refractivity (Wildman–Crippen MR) is 94.5 cm³/mol. The standard InChI is InChI=1S/C20H22F3N3O/c21-20(22,23)19-16-5-1-2-6-17(16)26(24-19)15-10-8-14(9-11-15)13-25-12-4-3-7-18(25)27/h8-11H,1-7,12-13H2. The van der Waals surface area contributed by atoms with Crippen molar-refractivity contribution < 1.29 is 18.0 Å². The maximum absolute atomic E-state index is 13.4. The van der Waals surface area contributed by atoms with Gasteiger partial charge in [0.25, 0.3) is 0 Å². The molecule has 0 radical (unpaired) electrons. The maximum Gasteiger partial charge on any atom is 0.435 e. The minimum Gasteiger partial charge on any atom is -0.338 e. The van der Waals surface area contributed by atoms with Crippen LogP contribution >= 0.6 is 0 Å². The highest BCUT2D eigenvalue weighted by atomic mass is 19.4. The number of carbonyl (C=O) groups is 1. The van der Waals surface area contributed by atoms with Crippen molar-refractivity contribution in [2.24, 2.45) is 0 Å². The van der Waals surface area contributed by atoms with Gasteiger partial charge in [-0.1, -0.05) is 12.1 Å². The molecular weight excluding hydrogens is 355 g/mol. The van der Waals surface area contributed by atoms with Crippen LogP contribution in [-0.4, -0.2) is 27.1 Å². The molecule has 1 saturated heterocycles. The van der Waals surface area contributed by atoms with Crippen LogP contribution in [0.15, 0.2) is 24.3 Å². The van der Waals surface area contributed by atoms with Crippen molar-refractivity contribution in [2.75, 3.05) is 6.54 Å². The number of likely N-dealkylation sites (tertiary alicyclic amines) is 1. The molecule has 0 saturated carbocycles. The summed E-state index contributed by atoms with van der Waals surface area (Å²) in [6.45, 7) is 1.31. The Kier molecular flexibility index (Phi) is 4.70. The van der Waals surface area contributed by atoms with Crippen molar-refractivity contribution in [2.45, 2.75) is 57.7 Å². The molecule has 1 amide bonds. The summed E-state index contributed by atoms with van der Waals surface area (Å²) in [5.74, 6) is 0.168. The van der Waals surface area contributed by atoms with Crippen LogP contribution in [0.1, 0.15) is 54.6 Å². The number of carbonyl (C=O) groups excluding carboxylic acids is 1. The van der Waals surface area contributed by atoms with Gasteiger partial charge in [-0.2, -0.15) is 18.3 Å². The molecule has 2 aliphatic rings. The zero-order chi connectivity index (χ0) is 19.0. The normalized spacial score (nSPS) is 17.9. The molecule has 1 aliphatic heterocycles. The SMILES string of the molecule is O=C1CCCCN1Cc1ccc(-n2nc(C(F)(F)F)c3c2CCCC3)cc1. The van der Waals surface area contributed by atoms with E-state index in [0.717, 1.165) is 37.8 Å². The summed E-state index contributed by atoms with van der Waals surface area (Å²) in [6.07, 6.45) is 0.820. The van der Waals surface area contributed by atoms with Gasteiger partial charge in [-0.3, -0.25) is 4.79 Å². The molecule has 4 rings (SSSR count).